The van der Waals surface area contributed by atoms with E-state index < -0.39 is 0 Å². The van der Waals surface area contributed by atoms with Gasteiger partial charge < -0.3 is 10.1 Å². The molecule has 0 unspecified atom stereocenters. The average Bonchev–Trinajstić information content (AvgIpc) is 2.58. The fourth-order valence-electron chi connectivity index (χ4n) is 3.02. The molecule has 23 heavy (non-hydrogen) atoms. The van der Waals surface area contributed by atoms with Crippen LogP contribution in [0.4, 0.5) is 0 Å². The number of hydrogen-bond donors (Lipinski definition) is 1. The average molecular weight is 309 g/mol. The van der Waals surface area contributed by atoms with Crippen molar-refractivity contribution in [1.82, 2.24) is 5.32 Å². The van der Waals surface area contributed by atoms with Crippen LogP contribution in [0.15, 0.2) is 42.5 Å². The van der Waals surface area contributed by atoms with Crippen LogP contribution < -0.4 is 10.1 Å². The van der Waals surface area contributed by atoms with E-state index in [2.05, 4.69) is 17.4 Å². The van der Waals surface area contributed by atoms with E-state index in [4.69, 9.17) is 4.74 Å². The smallest absolute Gasteiger partial charge is 0.251 e. The molecule has 0 fully saturated rings. The third-order valence-corrected chi connectivity index (χ3v) is 4.26. The lowest BCUT2D eigenvalue weighted by Gasteiger charge is -2.17. The summed E-state index contributed by atoms with van der Waals surface area (Å²) >= 11 is 0. The summed E-state index contributed by atoms with van der Waals surface area (Å²) in [5.74, 6) is 0.846. The topological polar surface area (TPSA) is 38.3 Å². The molecule has 0 aromatic heterocycles. The second-order valence-electron chi connectivity index (χ2n) is 6.11. The van der Waals surface area contributed by atoms with Crippen molar-refractivity contribution < 1.29 is 9.53 Å². The largest absolute Gasteiger partial charge is 0.492 e. The van der Waals surface area contributed by atoms with E-state index in [1.54, 1.807) is 0 Å². The fraction of sp³-hybridized carbons (Fsp3) is 0.350. The highest BCUT2D eigenvalue weighted by Gasteiger charge is 2.10. The molecule has 0 saturated heterocycles. The Hall–Kier alpha value is -2.29. The lowest BCUT2D eigenvalue weighted by atomic mass is 9.92. The van der Waals surface area contributed by atoms with Gasteiger partial charge in [0, 0.05) is 5.56 Å². The quantitative estimate of drug-likeness (QED) is 0.856. The molecule has 0 saturated carbocycles. The zero-order valence-electron chi connectivity index (χ0n) is 13.6. The lowest BCUT2D eigenvalue weighted by molar-refractivity contribution is 0.0947. The Morgan fingerprint density at radius 3 is 2.74 bits per heavy atom. The summed E-state index contributed by atoms with van der Waals surface area (Å²) in [4.78, 5) is 12.0. The predicted molar refractivity (Wildman–Crippen MR) is 92.1 cm³/mol. The van der Waals surface area contributed by atoms with E-state index in [0.29, 0.717) is 18.7 Å². The van der Waals surface area contributed by atoms with Gasteiger partial charge in [-0.3, -0.25) is 4.79 Å². The van der Waals surface area contributed by atoms with Crippen molar-refractivity contribution in [3.63, 3.8) is 0 Å². The summed E-state index contributed by atoms with van der Waals surface area (Å²) in [6.45, 7) is 2.97. The minimum atomic E-state index is -0.0530. The van der Waals surface area contributed by atoms with Gasteiger partial charge in [-0.25, -0.2) is 0 Å². The molecule has 1 amide bonds. The Bertz CT molecular complexity index is 694. The summed E-state index contributed by atoms with van der Waals surface area (Å²) in [5.41, 5.74) is 4.65. The van der Waals surface area contributed by atoms with Crippen LogP contribution in [-0.4, -0.2) is 19.1 Å². The Morgan fingerprint density at radius 2 is 1.91 bits per heavy atom. The first-order chi connectivity index (χ1) is 11.2. The zero-order valence-corrected chi connectivity index (χ0v) is 13.6. The number of rotatable bonds is 5. The molecule has 1 aliphatic carbocycles. The molecule has 2 aromatic carbocycles. The van der Waals surface area contributed by atoms with E-state index in [9.17, 15) is 4.79 Å². The molecule has 0 aliphatic heterocycles. The van der Waals surface area contributed by atoms with Gasteiger partial charge in [0.25, 0.3) is 5.91 Å². The van der Waals surface area contributed by atoms with Gasteiger partial charge in [-0.05, 0) is 68.0 Å². The second-order valence-corrected chi connectivity index (χ2v) is 6.11. The van der Waals surface area contributed by atoms with Gasteiger partial charge in [-0.1, -0.05) is 23.8 Å². The normalized spacial score (nSPS) is 13.3. The fourth-order valence-corrected chi connectivity index (χ4v) is 3.02. The molecule has 2 aromatic rings. The van der Waals surface area contributed by atoms with Crippen LogP contribution in [0.25, 0.3) is 0 Å². The Balaban J connectivity index is 1.47. The van der Waals surface area contributed by atoms with Gasteiger partial charge in [0.05, 0.1) is 6.54 Å². The van der Waals surface area contributed by atoms with Gasteiger partial charge in [0.1, 0.15) is 12.4 Å². The number of nitrogens with one attached hydrogen (secondary N) is 1. The minimum Gasteiger partial charge on any atom is -0.492 e. The number of carbonyl (C=O) groups is 1. The maximum atomic E-state index is 12.0. The first-order valence-electron chi connectivity index (χ1n) is 8.32. The third-order valence-electron chi connectivity index (χ3n) is 4.26. The van der Waals surface area contributed by atoms with Gasteiger partial charge in [-0.2, -0.15) is 0 Å². The van der Waals surface area contributed by atoms with Crippen LogP contribution >= 0.6 is 0 Å². The number of amides is 1. The summed E-state index contributed by atoms with van der Waals surface area (Å²) in [5, 5.41) is 2.89. The van der Waals surface area contributed by atoms with Crippen LogP contribution in [0.2, 0.25) is 0 Å². The molecular weight excluding hydrogens is 286 g/mol. The van der Waals surface area contributed by atoms with Crippen molar-refractivity contribution in [2.45, 2.75) is 32.6 Å². The maximum Gasteiger partial charge on any atom is 0.251 e. The van der Waals surface area contributed by atoms with Crippen LogP contribution in [0.1, 0.15) is 39.9 Å². The van der Waals surface area contributed by atoms with Crippen molar-refractivity contribution in [3.05, 3.63) is 64.7 Å². The molecule has 0 bridgehead atoms. The van der Waals surface area contributed by atoms with E-state index in [0.717, 1.165) is 17.7 Å². The van der Waals surface area contributed by atoms with E-state index in [1.807, 2.05) is 37.3 Å². The molecule has 1 N–H and O–H groups in total. The van der Waals surface area contributed by atoms with Crippen LogP contribution in [0.3, 0.4) is 0 Å². The monoisotopic (exact) mass is 309 g/mol. The summed E-state index contributed by atoms with van der Waals surface area (Å²) < 4.78 is 5.77. The summed E-state index contributed by atoms with van der Waals surface area (Å²) in [6, 6.07) is 14.0. The highest BCUT2D eigenvalue weighted by molar-refractivity contribution is 5.94. The Kier molecular flexibility index (Phi) is 4.96. The number of aryl methyl sites for hydroxylation is 3. The number of benzene rings is 2. The first kappa shape index (κ1) is 15.6. The van der Waals surface area contributed by atoms with Crippen molar-refractivity contribution >= 4 is 5.91 Å². The minimum absolute atomic E-state index is 0.0530. The molecule has 3 nitrogen and oxygen atoms in total. The number of fused-ring (bicyclic) bond motifs is 1. The molecule has 0 atom stereocenters. The molecule has 0 spiro atoms. The Morgan fingerprint density at radius 1 is 1.09 bits per heavy atom. The zero-order chi connectivity index (χ0) is 16.1. The maximum absolute atomic E-state index is 12.0. The SMILES string of the molecule is Cc1cccc(C(=O)NCCOc2ccc3c(c2)CCCC3)c1. The van der Waals surface area contributed by atoms with Crippen LogP contribution in [0.5, 0.6) is 5.75 Å². The molecule has 120 valence electrons. The van der Waals surface area contributed by atoms with Gasteiger partial charge in [0.2, 0.25) is 0 Å². The Labute approximate surface area is 137 Å². The van der Waals surface area contributed by atoms with Gasteiger partial charge >= 0.3 is 0 Å². The number of ether oxygens (including phenoxy) is 1. The molecule has 0 heterocycles. The second kappa shape index (κ2) is 7.32. The summed E-state index contributed by atoms with van der Waals surface area (Å²) in [7, 11) is 0. The van der Waals surface area contributed by atoms with Crippen molar-refractivity contribution in [1.29, 1.82) is 0 Å². The van der Waals surface area contributed by atoms with E-state index in [1.165, 1.54) is 30.4 Å². The van der Waals surface area contributed by atoms with Gasteiger partial charge in [0.15, 0.2) is 0 Å². The third kappa shape index (κ3) is 4.13. The highest BCUT2D eigenvalue weighted by atomic mass is 16.5. The highest BCUT2D eigenvalue weighted by Crippen LogP contribution is 2.25. The van der Waals surface area contributed by atoms with Crippen molar-refractivity contribution in [3.8, 4) is 5.75 Å². The van der Waals surface area contributed by atoms with Crippen molar-refractivity contribution in [2.75, 3.05) is 13.2 Å². The first-order valence-corrected chi connectivity index (χ1v) is 8.32. The van der Waals surface area contributed by atoms with Crippen molar-refractivity contribution in [2.24, 2.45) is 0 Å². The van der Waals surface area contributed by atoms with E-state index in [-0.39, 0.29) is 5.91 Å². The summed E-state index contributed by atoms with van der Waals surface area (Å²) in [6.07, 6.45) is 4.89. The van der Waals surface area contributed by atoms with Gasteiger partial charge in [-0.15, -0.1) is 0 Å². The molecule has 1 aliphatic rings. The number of hydrogen-bond acceptors (Lipinski definition) is 2. The van der Waals surface area contributed by atoms with Crippen LogP contribution in [0, 0.1) is 6.92 Å². The number of carbonyl (C=O) groups excluding carboxylic acids is 1. The van der Waals surface area contributed by atoms with Crippen LogP contribution in [-0.2, 0) is 12.8 Å². The molecule has 3 heteroatoms. The molecular formula is C20H23NO2. The predicted octanol–water partition coefficient (Wildman–Crippen LogP) is 3.68. The van der Waals surface area contributed by atoms with E-state index >= 15 is 0 Å². The lowest BCUT2D eigenvalue weighted by Crippen LogP contribution is -2.28. The molecule has 0 radical (unpaired) electrons. The molecule has 3 rings (SSSR count). The standard InChI is InChI=1S/C20H23NO2/c1-15-5-4-8-18(13-15)20(22)21-11-12-23-19-10-9-16-6-2-3-7-17(16)14-19/h4-5,8-10,13-14H,2-3,6-7,11-12H2,1H3,(H,21,22).